The van der Waals surface area contributed by atoms with Gasteiger partial charge in [-0.15, -0.1) is 11.8 Å². The number of thioether (sulfide) groups is 1. The summed E-state index contributed by atoms with van der Waals surface area (Å²) in [6.07, 6.45) is 5.19. The Hall–Kier alpha value is -2.34. The Morgan fingerprint density at radius 1 is 1.07 bits per heavy atom. The third-order valence-electron chi connectivity index (χ3n) is 5.42. The van der Waals surface area contributed by atoms with Crippen molar-refractivity contribution in [2.45, 2.75) is 37.1 Å². The number of halogens is 1. The number of nitrogens with one attached hydrogen (secondary N) is 1. The van der Waals surface area contributed by atoms with Crippen LogP contribution >= 0.6 is 11.8 Å². The predicted molar refractivity (Wildman–Crippen MR) is 114 cm³/mol. The van der Waals surface area contributed by atoms with Crippen LogP contribution in [0.15, 0.2) is 53.4 Å². The monoisotopic (exact) mass is 414 g/mol. The van der Waals surface area contributed by atoms with Gasteiger partial charge >= 0.3 is 0 Å². The summed E-state index contributed by atoms with van der Waals surface area (Å²) in [7, 11) is 0. The fourth-order valence-electron chi connectivity index (χ4n) is 3.57. The summed E-state index contributed by atoms with van der Waals surface area (Å²) in [5, 5.41) is 2.89. The topological polar surface area (TPSA) is 49.4 Å². The molecule has 1 aliphatic heterocycles. The van der Waals surface area contributed by atoms with E-state index in [-0.39, 0.29) is 17.6 Å². The average molecular weight is 415 g/mol. The highest BCUT2D eigenvalue weighted by molar-refractivity contribution is 7.98. The molecule has 0 spiro atoms. The first-order valence-corrected chi connectivity index (χ1v) is 11.2. The van der Waals surface area contributed by atoms with E-state index >= 15 is 0 Å². The molecule has 4 nitrogen and oxygen atoms in total. The van der Waals surface area contributed by atoms with E-state index in [1.807, 2.05) is 35.4 Å². The normalized spacial score (nSPS) is 14.6. The van der Waals surface area contributed by atoms with Crippen molar-refractivity contribution in [2.75, 3.05) is 19.3 Å². The van der Waals surface area contributed by atoms with Gasteiger partial charge in [-0.2, -0.15) is 0 Å². The summed E-state index contributed by atoms with van der Waals surface area (Å²) in [4.78, 5) is 27.8. The molecule has 0 unspecified atom stereocenters. The van der Waals surface area contributed by atoms with Gasteiger partial charge in [0.2, 0.25) is 5.91 Å². The van der Waals surface area contributed by atoms with Gasteiger partial charge in [-0.25, -0.2) is 4.39 Å². The highest BCUT2D eigenvalue weighted by atomic mass is 32.2. The smallest absolute Gasteiger partial charge is 0.253 e. The standard InChI is InChI=1S/C23H27FN2O2S/c1-29-21-9-5-19(6-10-21)23(28)26-14-12-17(13-15-26)4-11-22(27)25-16-18-2-7-20(24)8-3-18/h2-3,5-10,17H,4,11-16H2,1H3,(H,25,27). The Bertz CT molecular complexity index is 816. The zero-order valence-corrected chi connectivity index (χ0v) is 17.5. The lowest BCUT2D eigenvalue weighted by Crippen LogP contribution is -2.38. The third kappa shape index (κ3) is 6.32. The van der Waals surface area contributed by atoms with Crippen LogP contribution in [0.1, 0.15) is 41.6 Å². The molecule has 6 heteroatoms. The molecule has 2 aromatic carbocycles. The summed E-state index contributed by atoms with van der Waals surface area (Å²) >= 11 is 1.66. The molecule has 0 aliphatic carbocycles. The third-order valence-corrected chi connectivity index (χ3v) is 6.16. The molecule has 0 radical (unpaired) electrons. The van der Waals surface area contributed by atoms with E-state index in [2.05, 4.69) is 5.32 Å². The van der Waals surface area contributed by atoms with Crippen molar-refractivity contribution in [1.82, 2.24) is 10.2 Å². The van der Waals surface area contributed by atoms with E-state index in [1.165, 1.54) is 12.1 Å². The highest BCUT2D eigenvalue weighted by Crippen LogP contribution is 2.24. The van der Waals surface area contributed by atoms with Crippen LogP contribution in [0.4, 0.5) is 4.39 Å². The minimum Gasteiger partial charge on any atom is -0.352 e. The maximum atomic E-state index is 12.9. The second kappa shape index (κ2) is 10.4. The van der Waals surface area contributed by atoms with E-state index in [0.29, 0.717) is 18.9 Å². The molecular formula is C23H27FN2O2S. The molecule has 2 aromatic rings. The maximum absolute atomic E-state index is 12.9. The Kier molecular flexibility index (Phi) is 7.69. The average Bonchev–Trinajstić information content (AvgIpc) is 2.77. The number of hydrogen-bond acceptors (Lipinski definition) is 3. The summed E-state index contributed by atoms with van der Waals surface area (Å²) in [5.41, 5.74) is 1.62. The fourth-order valence-corrected chi connectivity index (χ4v) is 3.98. The Morgan fingerprint density at radius 3 is 2.34 bits per heavy atom. The summed E-state index contributed by atoms with van der Waals surface area (Å²) in [6, 6.07) is 13.9. The van der Waals surface area contributed by atoms with Crippen LogP contribution in [-0.2, 0) is 11.3 Å². The van der Waals surface area contributed by atoms with Gasteiger partial charge < -0.3 is 10.2 Å². The van der Waals surface area contributed by atoms with Gasteiger partial charge in [-0.1, -0.05) is 12.1 Å². The maximum Gasteiger partial charge on any atom is 0.253 e. The number of amides is 2. The lowest BCUT2D eigenvalue weighted by molar-refractivity contribution is -0.121. The molecule has 3 rings (SSSR count). The number of benzene rings is 2. The minimum atomic E-state index is -0.276. The second-order valence-corrected chi connectivity index (χ2v) is 8.29. The van der Waals surface area contributed by atoms with Crippen molar-refractivity contribution in [3.8, 4) is 0 Å². The van der Waals surface area contributed by atoms with E-state index in [0.717, 1.165) is 48.4 Å². The zero-order chi connectivity index (χ0) is 20.6. The van der Waals surface area contributed by atoms with Crippen molar-refractivity contribution in [3.05, 3.63) is 65.5 Å². The lowest BCUT2D eigenvalue weighted by atomic mass is 9.91. The number of likely N-dealkylation sites (tertiary alicyclic amines) is 1. The SMILES string of the molecule is CSc1ccc(C(=O)N2CCC(CCC(=O)NCc3ccc(F)cc3)CC2)cc1. The Labute approximate surface area is 175 Å². The van der Waals surface area contributed by atoms with Gasteiger partial charge in [0, 0.05) is 36.5 Å². The molecule has 1 aliphatic rings. The summed E-state index contributed by atoms with van der Waals surface area (Å²) in [6.45, 7) is 1.90. The number of hydrogen-bond donors (Lipinski definition) is 1. The fraction of sp³-hybridized carbons (Fsp3) is 0.391. The minimum absolute atomic E-state index is 0.0155. The largest absolute Gasteiger partial charge is 0.352 e. The van der Waals surface area contributed by atoms with Crippen molar-refractivity contribution in [1.29, 1.82) is 0 Å². The lowest BCUT2D eigenvalue weighted by Gasteiger charge is -2.32. The molecule has 0 aromatic heterocycles. The van der Waals surface area contributed by atoms with Crippen LogP contribution in [0.25, 0.3) is 0 Å². The summed E-state index contributed by atoms with van der Waals surface area (Å²) < 4.78 is 12.9. The van der Waals surface area contributed by atoms with Crippen LogP contribution in [0.3, 0.4) is 0 Å². The van der Waals surface area contributed by atoms with Crippen LogP contribution in [0, 0.1) is 11.7 Å². The van der Waals surface area contributed by atoms with Gasteiger partial charge in [0.1, 0.15) is 5.82 Å². The summed E-state index contributed by atoms with van der Waals surface area (Å²) in [5.74, 6) is 0.297. The predicted octanol–water partition coefficient (Wildman–Crippen LogP) is 4.50. The number of rotatable bonds is 7. The number of nitrogens with zero attached hydrogens (tertiary/aromatic N) is 1. The highest BCUT2D eigenvalue weighted by Gasteiger charge is 2.24. The molecule has 0 saturated carbocycles. The van der Waals surface area contributed by atoms with Crippen molar-refractivity contribution in [3.63, 3.8) is 0 Å². The first-order chi connectivity index (χ1) is 14.0. The van der Waals surface area contributed by atoms with Gasteiger partial charge in [0.05, 0.1) is 0 Å². The molecule has 1 fully saturated rings. The molecular weight excluding hydrogens is 387 g/mol. The molecule has 2 amide bonds. The van der Waals surface area contributed by atoms with Crippen LogP contribution in [-0.4, -0.2) is 36.1 Å². The van der Waals surface area contributed by atoms with Crippen LogP contribution < -0.4 is 5.32 Å². The van der Waals surface area contributed by atoms with E-state index in [4.69, 9.17) is 0 Å². The van der Waals surface area contributed by atoms with E-state index < -0.39 is 0 Å². The molecule has 0 atom stereocenters. The van der Waals surface area contributed by atoms with Crippen molar-refractivity contribution in [2.24, 2.45) is 5.92 Å². The van der Waals surface area contributed by atoms with Crippen molar-refractivity contribution < 1.29 is 14.0 Å². The Balaban J connectivity index is 1.37. The van der Waals surface area contributed by atoms with Gasteiger partial charge in [0.25, 0.3) is 5.91 Å². The molecule has 1 heterocycles. The zero-order valence-electron chi connectivity index (χ0n) is 16.7. The number of carbonyl (C=O) groups is 2. The van der Waals surface area contributed by atoms with Crippen molar-refractivity contribution >= 4 is 23.6 Å². The Morgan fingerprint density at radius 2 is 1.72 bits per heavy atom. The van der Waals surface area contributed by atoms with Gasteiger partial charge in [-0.3, -0.25) is 9.59 Å². The molecule has 0 bridgehead atoms. The number of piperidine rings is 1. The second-order valence-electron chi connectivity index (χ2n) is 7.41. The van der Waals surface area contributed by atoms with Crippen LogP contribution in [0.5, 0.6) is 0 Å². The van der Waals surface area contributed by atoms with E-state index in [1.54, 1.807) is 23.9 Å². The van der Waals surface area contributed by atoms with E-state index in [9.17, 15) is 14.0 Å². The molecule has 1 saturated heterocycles. The first kappa shape index (κ1) is 21.4. The van der Waals surface area contributed by atoms with Crippen LogP contribution in [0.2, 0.25) is 0 Å². The van der Waals surface area contributed by atoms with Gasteiger partial charge in [-0.05, 0) is 73.4 Å². The van der Waals surface area contributed by atoms with Gasteiger partial charge in [0.15, 0.2) is 0 Å². The molecule has 154 valence electrons. The quantitative estimate of drug-likeness (QED) is 0.679. The number of carbonyl (C=O) groups excluding carboxylic acids is 2. The first-order valence-electron chi connectivity index (χ1n) is 9.99. The molecule has 29 heavy (non-hydrogen) atoms. The molecule has 1 N–H and O–H groups in total.